The highest BCUT2D eigenvalue weighted by molar-refractivity contribution is 5.78. The molecule has 1 N–H and O–H groups in total. The zero-order valence-electron chi connectivity index (χ0n) is 11.7. The van der Waals surface area contributed by atoms with E-state index in [0.29, 0.717) is 13.0 Å². The number of carbonyl (C=O) groups excluding carboxylic acids is 1. The van der Waals surface area contributed by atoms with Crippen LogP contribution in [0.1, 0.15) is 31.9 Å². The molecule has 4 nitrogen and oxygen atoms in total. The lowest BCUT2D eigenvalue weighted by Gasteiger charge is -2.27. The molecule has 0 amide bonds. The molecule has 0 bridgehead atoms. The van der Waals surface area contributed by atoms with Gasteiger partial charge in [0.25, 0.3) is 0 Å². The van der Waals surface area contributed by atoms with Crippen molar-refractivity contribution in [2.24, 2.45) is 5.92 Å². The number of benzene rings is 1. The predicted octanol–water partition coefficient (Wildman–Crippen LogP) is 1.99. The highest BCUT2D eigenvalue weighted by Gasteiger charge is 2.36. The quantitative estimate of drug-likeness (QED) is 0.902. The van der Waals surface area contributed by atoms with Crippen molar-refractivity contribution in [3.05, 3.63) is 29.8 Å². The number of ketones is 1. The fourth-order valence-electron chi connectivity index (χ4n) is 2.63. The van der Waals surface area contributed by atoms with Crippen LogP contribution in [0.2, 0.25) is 0 Å². The van der Waals surface area contributed by atoms with Gasteiger partial charge in [-0.25, -0.2) is 0 Å². The molecule has 1 unspecified atom stereocenters. The van der Waals surface area contributed by atoms with Crippen LogP contribution in [-0.4, -0.2) is 35.7 Å². The van der Waals surface area contributed by atoms with Crippen molar-refractivity contribution in [1.29, 1.82) is 0 Å². The van der Waals surface area contributed by atoms with E-state index < -0.39 is 6.23 Å². The molecule has 0 aromatic heterocycles. The first-order chi connectivity index (χ1) is 9.02. The van der Waals surface area contributed by atoms with Gasteiger partial charge in [-0.05, 0) is 38.0 Å². The number of ether oxygens (including phenoxy) is 1. The monoisotopic (exact) mass is 263 g/mol. The molecule has 19 heavy (non-hydrogen) atoms. The Balaban J connectivity index is 2.10. The SMILES string of the molecule is COc1ccc([C@H](C)N2C[C@H](C(C)=O)CC2O)cc1. The average Bonchev–Trinajstić information content (AvgIpc) is 2.80. The van der Waals surface area contributed by atoms with Crippen molar-refractivity contribution in [3.8, 4) is 5.75 Å². The number of carbonyl (C=O) groups is 1. The minimum absolute atomic E-state index is 0.0456. The van der Waals surface area contributed by atoms with E-state index in [2.05, 4.69) is 0 Å². The van der Waals surface area contributed by atoms with Gasteiger partial charge in [0, 0.05) is 18.5 Å². The summed E-state index contributed by atoms with van der Waals surface area (Å²) < 4.78 is 5.14. The van der Waals surface area contributed by atoms with Crippen LogP contribution in [0.4, 0.5) is 0 Å². The highest BCUT2D eigenvalue weighted by Crippen LogP contribution is 2.31. The number of hydrogen-bond acceptors (Lipinski definition) is 4. The van der Waals surface area contributed by atoms with Gasteiger partial charge in [0.1, 0.15) is 17.8 Å². The lowest BCUT2D eigenvalue weighted by Crippen LogP contribution is -2.32. The maximum absolute atomic E-state index is 11.4. The molecule has 1 aliphatic heterocycles. The molecule has 0 radical (unpaired) electrons. The Bertz CT molecular complexity index is 443. The van der Waals surface area contributed by atoms with E-state index in [9.17, 15) is 9.90 Å². The van der Waals surface area contributed by atoms with Gasteiger partial charge in [0.2, 0.25) is 0 Å². The Morgan fingerprint density at radius 3 is 2.53 bits per heavy atom. The minimum atomic E-state index is -0.536. The summed E-state index contributed by atoms with van der Waals surface area (Å²) in [6.45, 7) is 4.27. The van der Waals surface area contributed by atoms with Crippen molar-refractivity contribution in [3.63, 3.8) is 0 Å². The van der Waals surface area contributed by atoms with Crippen LogP contribution in [0, 0.1) is 5.92 Å². The molecule has 1 aromatic carbocycles. The third-order valence-electron chi connectivity index (χ3n) is 3.98. The molecule has 1 saturated heterocycles. The fraction of sp³-hybridized carbons (Fsp3) is 0.533. The molecule has 1 heterocycles. The average molecular weight is 263 g/mol. The summed E-state index contributed by atoms with van der Waals surface area (Å²) >= 11 is 0. The van der Waals surface area contributed by atoms with Gasteiger partial charge in [-0.1, -0.05) is 12.1 Å². The van der Waals surface area contributed by atoms with Gasteiger partial charge in [0.15, 0.2) is 0 Å². The fourth-order valence-corrected chi connectivity index (χ4v) is 2.63. The first-order valence-corrected chi connectivity index (χ1v) is 6.61. The molecule has 0 spiro atoms. The molecule has 0 aliphatic carbocycles. The second-order valence-electron chi connectivity index (χ2n) is 5.17. The molecule has 1 fully saturated rings. The lowest BCUT2D eigenvalue weighted by atomic mass is 10.0. The van der Waals surface area contributed by atoms with E-state index in [1.807, 2.05) is 36.1 Å². The van der Waals surface area contributed by atoms with Crippen molar-refractivity contribution in [1.82, 2.24) is 4.90 Å². The standard InChI is InChI=1S/C15H21NO3/c1-10(12-4-6-14(19-3)7-5-12)16-9-13(11(2)17)8-15(16)18/h4-7,10,13,15,18H,8-9H2,1-3H3/t10-,13+,15?/m0/s1. The van der Waals surface area contributed by atoms with Gasteiger partial charge in [-0.2, -0.15) is 0 Å². The highest BCUT2D eigenvalue weighted by atomic mass is 16.5. The zero-order chi connectivity index (χ0) is 14.0. The molecule has 1 aromatic rings. The Kier molecular flexibility index (Phi) is 4.22. The number of hydrogen-bond donors (Lipinski definition) is 1. The van der Waals surface area contributed by atoms with Crippen molar-refractivity contribution >= 4 is 5.78 Å². The summed E-state index contributed by atoms with van der Waals surface area (Å²) in [6.07, 6.45) is 0.00142. The summed E-state index contributed by atoms with van der Waals surface area (Å²) in [5, 5.41) is 10.1. The zero-order valence-corrected chi connectivity index (χ0v) is 11.7. The number of Topliss-reactive ketones (excluding diaryl/α,β-unsaturated/α-hetero) is 1. The van der Waals surface area contributed by atoms with Crippen molar-refractivity contribution in [2.45, 2.75) is 32.5 Å². The van der Waals surface area contributed by atoms with Crippen LogP contribution in [0.15, 0.2) is 24.3 Å². The third kappa shape index (κ3) is 2.96. The van der Waals surface area contributed by atoms with Crippen LogP contribution in [-0.2, 0) is 4.79 Å². The van der Waals surface area contributed by atoms with Crippen LogP contribution >= 0.6 is 0 Å². The van der Waals surface area contributed by atoms with Crippen LogP contribution in [0.5, 0.6) is 5.75 Å². The number of rotatable bonds is 4. The Morgan fingerprint density at radius 1 is 1.42 bits per heavy atom. The number of aliphatic hydroxyl groups is 1. The van der Waals surface area contributed by atoms with Gasteiger partial charge in [-0.3, -0.25) is 9.69 Å². The van der Waals surface area contributed by atoms with E-state index in [4.69, 9.17) is 4.74 Å². The first-order valence-electron chi connectivity index (χ1n) is 6.61. The number of likely N-dealkylation sites (tertiary alicyclic amines) is 1. The molecule has 2 rings (SSSR count). The second-order valence-corrected chi connectivity index (χ2v) is 5.17. The molecule has 3 atom stereocenters. The number of nitrogens with zero attached hydrogens (tertiary/aromatic N) is 1. The number of methoxy groups -OCH3 is 1. The van der Waals surface area contributed by atoms with Crippen LogP contribution in [0.3, 0.4) is 0 Å². The summed E-state index contributed by atoms with van der Waals surface area (Å²) in [5.74, 6) is 0.929. The van der Waals surface area contributed by atoms with E-state index in [-0.39, 0.29) is 17.7 Å². The summed E-state index contributed by atoms with van der Waals surface area (Å²) in [7, 11) is 1.64. The molecule has 0 saturated carbocycles. The largest absolute Gasteiger partial charge is 0.497 e. The van der Waals surface area contributed by atoms with Gasteiger partial charge in [-0.15, -0.1) is 0 Å². The summed E-state index contributed by atoms with van der Waals surface area (Å²) in [5.41, 5.74) is 1.11. The molecule has 104 valence electrons. The Labute approximate surface area is 114 Å². The van der Waals surface area contributed by atoms with E-state index in [0.717, 1.165) is 11.3 Å². The Hall–Kier alpha value is -1.39. The molecule has 1 aliphatic rings. The minimum Gasteiger partial charge on any atom is -0.497 e. The summed E-state index contributed by atoms with van der Waals surface area (Å²) in [4.78, 5) is 13.4. The summed E-state index contributed by atoms with van der Waals surface area (Å²) in [6, 6.07) is 7.91. The smallest absolute Gasteiger partial charge is 0.134 e. The van der Waals surface area contributed by atoms with Gasteiger partial charge < -0.3 is 9.84 Å². The molecule has 4 heteroatoms. The van der Waals surface area contributed by atoms with E-state index in [1.54, 1.807) is 14.0 Å². The Morgan fingerprint density at radius 2 is 2.05 bits per heavy atom. The van der Waals surface area contributed by atoms with E-state index >= 15 is 0 Å². The maximum atomic E-state index is 11.4. The second kappa shape index (κ2) is 5.72. The van der Waals surface area contributed by atoms with Crippen LogP contribution in [0.25, 0.3) is 0 Å². The molecular formula is C15H21NO3. The van der Waals surface area contributed by atoms with Gasteiger partial charge in [0.05, 0.1) is 7.11 Å². The van der Waals surface area contributed by atoms with Crippen LogP contribution < -0.4 is 4.74 Å². The lowest BCUT2D eigenvalue weighted by molar-refractivity contribution is -0.120. The third-order valence-corrected chi connectivity index (χ3v) is 3.98. The molecular weight excluding hydrogens is 242 g/mol. The normalized spacial score (nSPS) is 25.3. The van der Waals surface area contributed by atoms with Crippen molar-refractivity contribution < 1.29 is 14.6 Å². The maximum Gasteiger partial charge on any atom is 0.134 e. The van der Waals surface area contributed by atoms with Crippen molar-refractivity contribution in [2.75, 3.05) is 13.7 Å². The number of aliphatic hydroxyl groups excluding tert-OH is 1. The predicted molar refractivity (Wildman–Crippen MR) is 72.9 cm³/mol. The first kappa shape index (κ1) is 14.0. The van der Waals surface area contributed by atoms with E-state index in [1.165, 1.54) is 0 Å². The topological polar surface area (TPSA) is 49.8 Å². The van der Waals surface area contributed by atoms with Gasteiger partial charge >= 0.3 is 0 Å².